The summed E-state index contributed by atoms with van der Waals surface area (Å²) in [5, 5.41) is 8.97. The topological polar surface area (TPSA) is 63.1 Å². The van der Waals surface area contributed by atoms with Gasteiger partial charge in [-0.2, -0.15) is 0 Å². The van der Waals surface area contributed by atoms with E-state index in [1.807, 2.05) is 0 Å². The minimum absolute atomic E-state index is 0.0525. The summed E-state index contributed by atoms with van der Waals surface area (Å²) in [6, 6.07) is 3.93. The van der Waals surface area contributed by atoms with Crippen LogP contribution in [0.4, 0.5) is 4.39 Å². The monoisotopic (exact) mass is 266 g/mol. The van der Waals surface area contributed by atoms with Crippen molar-refractivity contribution in [3.05, 3.63) is 46.6 Å². The van der Waals surface area contributed by atoms with Gasteiger partial charge in [-0.15, -0.1) is 0 Å². The Morgan fingerprint density at radius 3 is 2.78 bits per heavy atom. The highest BCUT2D eigenvalue weighted by molar-refractivity contribution is 6.31. The number of halogens is 2. The summed E-state index contributed by atoms with van der Waals surface area (Å²) >= 11 is 5.67. The van der Waals surface area contributed by atoms with E-state index in [4.69, 9.17) is 16.7 Å². The number of benzene rings is 1. The van der Waals surface area contributed by atoms with Crippen LogP contribution >= 0.6 is 11.6 Å². The second-order valence-corrected chi connectivity index (χ2v) is 4.02. The van der Waals surface area contributed by atoms with E-state index in [1.165, 1.54) is 24.4 Å². The number of aryl methyl sites for hydroxylation is 1. The number of carboxylic acid groups (broad SMARTS) is 1. The van der Waals surface area contributed by atoms with Crippen LogP contribution in [0.3, 0.4) is 0 Å². The number of aromatic nitrogens is 2. The quantitative estimate of drug-likeness (QED) is 0.908. The summed E-state index contributed by atoms with van der Waals surface area (Å²) < 4.78 is 13.1. The molecule has 2 rings (SSSR count). The second kappa shape index (κ2) is 4.70. The zero-order valence-corrected chi connectivity index (χ0v) is 10.1. The highest BCUT2D eigenvalue weighted by atomic mass is 35.5. The van der Waals surface area contributed by atoms with Crippen molar-refractivity contribution in [3.8, 4) is 11.3 Å². The van der Waals surface area contributed by atoms with Crippen molar-refractivity contribution in [2.75, 3.05) is 0 Å². The van der Waals surface area contributed by atoms with Crippen LogP contribution < -0.4 is 0 Å². The zero-order chi connectivity index (χ0) is 13.3. The van der Waals surface area contributed by atoms with Gasteiger partial charge >= 0.3 is 5.97 Å². The van der Waals surface area contributed by atoms with E-state index in [9.17, 15) is 9.18 Å². The third kappa shape index (κ3) is 2.31. The molecule has 0 fully saturated rings. The van der Waals surface area contributed by atoms with Crippen molar-refractivity contribution < 1.29 is 14.3 Å². The molecule has 0 amide bonds. The SMILES string of the molecule is Cc1ncc(C(=O)O)c(-c2ccc(F)c(Cl)c2)n1. The molecule has 1 heterocycles. The smallest absolute Gasteiger partial charge is 0.339 e. The molecular formula is C12H8ClFN2O2. The van der Waals surface area contributed by atoms with Gasteiger partial charge in [0.25, 0.3) is 0 Å². The highest BCUT2D eigenvalue weighted by Gasteiger charge is 2.15. The summed E-state index contributed by atoms with van der Waals surface area (Å²) in [5.41, 5.74) is 0.601. The number of aromatic carboxylic acids is 1. The molecule has 6 heteroatoms. The van der Waals surface area contributed by atoms with Crippen molar-refractivity contribution in [2.45, 2.75) is 6.92 Å². The standard InChI is InChI=1S/C12H8ClFN2O2/c1-6-15-5-8(12(17)18)11(16-6)7-2-3-10(14)9(13)4-7/h2-5H,1H3,(H,17,18). The first-order valence-corrected chi connectivity index (χ1v) is 5.39. The Balaban J connectivity index is 2.65. The Bertz CT molecular complexity index is 631. The molecule has 0 unspecified atom stereocenters. The van der Waals surface area contributed by atoms with Gasteiger partial charge in [0.2, 0.25) is 0 Å². The van der Waals surface area contributed by atoms with Crippen LogP contribution in [0.1, 0.15) is 16.2 Å². The Morgan fingerprint density at radius 2 is 2.17 bits per heavy atom. The molecule has 0 aliphatic heterocycles. The molecule has 0 spiro atoms. The molecule has 18 heavy (non-hydrogen) atoms. The van der Waals surface area contributed by atoms with Gasteiger partial charge < -0.3 is 5.11 Å². The van der Waals surface area contributed by atoms with Crippen molar-refractivity contribution in [1.29, 1.82) is 0 Å². The predicted octanol–water partition coefficient (Wildman–Crippen LogP) is 2.94. The van der Waals surface area contributed by atoms with Gasteiger partial charge in [-0.3, -0.25) is 0 Å². The minimum Gasteiger partial charge on any atom is -0.478 e. The maximum absolute atomic E-state index is 13.1. The molecule has 0 radical (unpaired) electrons. The fourth-order valence-corrected chi connectivity index (χ4v) is 1.67. The van der Waals surface area contributed by atoms with Crippen LogP contribution in [0.5, 0.6) is 0 Å². The van der Waals surface area contributed by atoms with Gasteiger partial charge in [-0.05, 0) is 25.1 Å². The van der Waals surface area contributed by atoms with Crippen molar-refractivity contribution in [1.82, 2.24) is 9.97 Å². The first-order chi connectivity index (χ1) is 8.49. The lowest BCUT2D eigenvalue weighted by Gasteiger charge is -2.06. The van der Waals surface area contributed by atoms with E-state index in [-0.39, 0.29) is 16.3 Å². The summed E-state index contributed by atoms with van der Waals surface area (Å²) in [7, 11) is 0. The number of nitrogens with zero attached hydrogens (tertiary/aromatic N) is 2. The van der Waals surface area contributed by atoms with Crippen molar-refractivity contribution >= 4 is 17.6 Å². The van der Waals surface area contributed by atoms with Crippen LogP contribution in [0.25, 0.3) is 11.3 Å². The van der Waals surface area contributed by atoms with E-state index in [0.29, 0.717) is 11.4 Å². The predicted molar refractivity (Wildman–Crippen MR) is 64.1 cm³/mol. The maximum Gasteiger partial charge on any atom is 0.339 e. The third-order valence-electron chi connectivity index (χ3n) is 2.33. The Morgan fingerprint density at radius 1 is 1.44 bits per heavy atom. The summed E-state index contributed by atoms with van der Waals surface area (Å²) in [6.07, 6.45) is 1.22. The number of carbonyl (C=O) groups is 1. The first kappa shape index (κ1) is 12.4. The van der Waals surface area contributed by atoms with Crippen LogP contribution in [0.2, 0.25) is 5.02 Å². The van der Waals surface area contributed by atoms with Gasteiger partial charge in [-0.25, -0.2) is 19.2 Å². The van der Waals surface area contributed by atoms with Gasteiger partial charge in [0.1, 0.15) is 17.2 Å². The van der Waals surface area contributed by atoms with Gasteiger partial charge in [-0.1, -0.05) is 11.6 Å². The number of hydrogen-bond donors (Lipinski definition) is 1. The average Bonchev–Trinajstić information content (AvgIpc) is 2.32. The van der Waals surface area contributed by atoms with Gasteiger partial charge in [0, 0.05) is 11.8 Å². The molecule has 1 aromatic heterocycles. The second-order valence-electron chi connectivity index (χ2n) is 3.61. The Hall–Kier alpha value is -2.01. The van der Waals surface area contributed by atoms with Crippen LogP contribution in [0.15, 0.2) is 24.4 Å². The normalized spacial score (nSPS) is 10.4. The number of carboxylic acids is 1. The molecule has 2 aromatic rings. The molecule has 1 N–H and O–H groups in total. The summed E-state index contributed by atoms with van der Waals surface area (Å²) in [6.45, 7) is 1.64. The molecule has 1 aromatic carbocycles. The van der Waals surface area contributed by atoms with Crippen molar-refractivity contribution in [3.63, 3.8) is 0 Å². The Kier molecular flexibility index (Phi) is 3.25. The number of rotatable bonds is 2. The van der Waals surface area contributed by atoms with E-state index in [2.05, 4.69) is 9.97 Å². The third-order valence-corrected chi connectivity index (χ3v) is 2.62. The van der Waals surface area contributed by atoms with Gasteiger partial charge in [0.05, 0.1) is 10.7 Å². The van der Waals surface area contributed by atoms with E-state index in [1.54, 1.807) is 6.92 Å². The molecule has 0 atom stereocenters. The summed E-state index contributed by atoms with van der Waals surface area (Å²) in [5.74, 6) is -1.29. The molecule has 92 valence electrons. The summed E-state index contributed by atoms with van der Waals surface area (Å²) in [4.78, 5) is 19.0. The number of hydrogen-bond acceptors (Lipinski definition) is 3. The maximum atomic E-state index is 13.1. The lowest BCUT2D eigenvalue weighted by Crippen LogP contribution is -2.04. The molecule has 0 saturated carbocycles. The lowest BCUT2D eigenvalue weighted by atomic mass is 10.1. The molecular weight excluding hydrogens is 259 g/mol. The molecule has 0 aliphatic rings. The van der Waals surface area contributed by atoms with Crippen LogP contribution in [-0.2, 0) is 0 Å². The first-order valence-electron chi connectivity index (χ1n) is 5.01. The largest absolute Gasteiger partial charge is 0.478 e. The molecule has 0 bridgehead atoms. The van der Waals surface area contributed by atoms with Crippen LogP contribution in [0, 0.1) is 12.7 Å². The van der Waals surface area contributed by atoms with Gasteiger partial charge in [0.15, 0.2) is 0 Å². The fraction of sp³-hybridized carbons (Fsp3) is 0.0833. The minimum atomic E-state index is -1.15. The van der Waals surface area contributed by atoms with E-state index in [0.717, 1.165) is 0 Å². The van der Waals surface area contributed by atoms with Crippen LogP contribution in [-0.4, -0.2) is 21.0 Å². The Labute approximate surface area is 107 Å². The fourth-order valence-electron chi connectivity index (χ4n) is 1.49. The lowest BCUT2D eigenvalue weighted by molar-refractivity contribution is 0.0697. The molecule has 4 nitrogen and oxygen atoms in total. The molecule has 0 aliphatic carbocycles. The van der Waals surface area contributed by atoms with Crippen molar-refractivity contribution in [2.24, 2.45) is 0 Å². The van der Waals surface area contributed by atoms with E-state index >= 15 is 0 Å². The highest BCUT2D eigenvalue weighted by Crippen LogP contribution is 2.26. The average molecular weight is 267 g/mol. The zero-order valence-electron chi connectivity index (χ0n) is 9.32. The van der Waals surface area contributed by atoms with E-state index < -0.39 is 11.8 Å². The molecule has 0 saturated heterocycles.